The zero-order valence-electron chi connectivity index (χ0n) is 7.77. The molecule has 72 valence electrons. The Labute approximate surface area is 81.7 Å². The van der Waals surface area contributed by atoms with Crippen LogP contribution in [-0.2, 0) is 0 Å². The third kappa shape index (κ3) is 1.51. The first-order valence-electron chi connectivity index (χ1n) is 4.42. The zero-order valence-corrected chi connectivity index (χ0v) is 8.58. The van der Waals surface area contributed by atoms with E-state index in [1.165, 1.54) is 0 Å². The highest BCUT2D eigenvalue weighted by atomic mass is 32.1. The summed E-state index contributed by atoms with van der Waals surface area (Å²) in [6.45, 7) is 6.47. The Morgan fingerprint density at radius 1 is 1.54 bits per heavy atom. The second-order valence-electron chi connectivity index (χ2n) is 3.65. The molecule has 0 aliphatic carbocycles. The number of nitrogens with zero attached hydrogens (tertiary/aromatic N) is 4. The van der Waals surface area contributed by atoms with Gasteiger partial charge in [0, 0.05) is 19.1 Å². The predicted molar refractivity (Wildman–Crippen MR) is 51.0 cm³/mol. The molecule has 0 amide bonds. The molecule has 2 rings (SSSR count). The maximum atomic E-state index is 5.01. The van der Waals surface area contributed by atoms with E-state index in [1.54, 1.807) is 0 Å². The molecule has 0 aromatic carbocycles. The number of aromatic nitrogens is 4. The van der Waals surface area contributed by atoms with E-state index in [2.05, 4.69) is 34.3 Å². The summed E-state index contributed by atoms with van der Waals surface area (Å²) in [5.41, 5.74) is 0. The van der Waals surface area contributed by atoms with Gasteiger partial charge < -0.3 is 0 Å². The van der Waals surface area contributed by atoms with Gasteiger partial charge in [-0.1, -0.05) is 10.3 Å². The van der Waals surface area contributed by atoms with Gasteiger partial charge in [-0.2, -0.15) is 5.21 Å². The second kappa shape index (κ2) is 3.19. The molecular formula is C7H13N5S. The smallest absolute Gasteiger partial charge is 0.238 e. The van der Waals surface area contributed by atoms with Crippen molar-refractivity contribution >= 4 is 12.2 Å². The molecule has 1 N–H and O–H groups in total. The summed E-state index contributed by atoms with van der Waals surface area (Å²) in [6.07, 6.45) is 0. The average Bonchev–Trinajstić information content (AvgIpc) is 2.32. The van der Waals surface area contributed by atoms with E-state index in [1.807, 2.05) is 4.68 Å². The van der Waals surface area contributed by atoms with E-state index in [4.69, 9.17) is 12.2 Å². The predicted octanol–water partition coefficient (Wildman–Crippen LogP) is 0.601. The Bertz CT molecular complexity index is 335. The molecule has 0 radical (unpaired) electrons. The molecule has 1 aromatic rings. The number of hydrogen-bond acceptors (Lipinski definition) is 4. The van der Waals surface area contributed by atoms with Gasteiger partial charge in [0.2, 0.25) is 4.77 Å². The molecule has 6 heteroatoms. The SMILES string of the molecule is CC(C)N1CC(n2[nH]nnc2=S)C1. The summed E-state index contributed by atoms with van der Waals surface area (Å²) in [5.74, 6) is 0. The van der Waals surface area contributed by atoms with Gasteiger partial charge in [-0.15, -0.1) is 0 Å². The molecule has 1 fully saturated rings. The van der Waals surface area contributed by atoms with Crippen molar-refractivity contribution in [2.24, 2.45) is 0 Å². The Morgan fingerprint density at radius 3 is 2.69 bits per heavy atom. The molecule has 1 aromatic heterocycles. The van der Waals surface area contributed by atoms with Gasteiger partial charge in [0.25, 0.3) is 0 Å². The standard InChI is InChI=1S/C7H13N5S/c1-5(2)11-3-6(4-11)12-7(13)8-9-10-12/h5-6H,3-4H2,1-2H3,(H,8,10,13). The Balaban J connectivity index is 2.01. The first-order valence-corrected chi connectivity index (χ1v) is 4.83. The first-order chi connectivity index (χ1) is 6.18. The van der Waals surface area contributed by atoms with E-state index < -0.39 is 0 Å². The minimum absolute atomic E-state index is 0.435. The molecule has 0 spiro atoms. The molecule has 1 saturated heterocycles. The molecule has 0 atom stereocenters. The number of tetrazole rings is 1. The lowest BCUT2D eigenvalue weighted by Crippen LogP contribution is -2.51. The lowest BCUT2D eigenvalue weighted by molar-refractivity contribution is 0.0656. The van der Waals surface area contributed by atoms with E-state index in [0.717, 1.165) is 13.1 Å². The molecule has 0 unspecified atom stereocenters. The molecule has 0 saturated carbocycles. The zero-order chi connectivity index (χ0) is 9.42. The minimum atomic E-state index is 0.435. The highest BCUT2D eigenvalue weighted by Crippen LogP contribution is 2.21. The molecule has 1 aliphatic rings. The van der Waals surface area contributed by atoms with Gasteiger partial charge in [-0.05, 0) is 26.1 Å². The van der Waals surface area contributed by atoms with E-state index in [9.17, 15) is 0 Å². The minimum Gasteiger partial charge on any atom is -0.297 e. The fourth-order valence-electron chi connectivity index (χ4n) is 1.51. The van der Waals surface area contributed by atoms with Crippen LogP contribution in [0.4, 0.5) is 0 Å². The number of rotatable bonds is 2. The number of aromatic amines is 1. The number of nitrogens with one attached hydrogen (secondary N) is 1. The topological polar surface area (TPSA) is 49.7 Å². The van der Waals surface area contributed by atoms with E-state index in [0.29, 0.717) is 16.9 Å². The van der Waals surface area contributed by atoms with Crippen LogP contribution in [0.3, 0.4) is 0 Å². The van der Waals surface area contributed by atoms with Crippen LogP contribution < -0.4 is 0 Å². The normalized spacial score (nSPS) is 19.3. The van der Waals surface area contributed by atoms with Gasteiger partial charge in [0.05, 0.1) is 6.04 Å². The first kappa shape index (κ1) is 8.83. The lowest BCUT2D eigenvalue weighted by atomic mass is 10.1. The van der Waals surface area contributed by atoms with Crippen LogP contribution in [0, 0.1) is 4.77 Å². The number of H-pyrrole nitrogens is 1. The summed E-state index contributed by atoms with van der Waals surface area (Å²) >= 11 is 5.01. The van der Waals surface area contributed by atoms with Crippen LogP contribution in [0.1, 0.15) is 19.9 Å². The fraction of sp³-hybridized carbons (Fsp3) is 0.857. The second-order valence-corrected chi connectivity index (χ2v) is 4.02. The average molecular weight is 199 g/mol. The van der Waals surface area contributed by atoms with Crippen LogP contribution in [-0.4, -0.2) is 44.2 Å². The van der Waals surface area contributed by atoms with Gasteiger partial charge in [-0.25, -0.2) is 4.68 Å². The van der Waals surface area contributed by atoms with Gasteiger partial charge >= 0.3 is 0 Å². The van der Waals surface area contributed by atoms with Crippen LogP contribution >= 0.6 is 12.2 Å². The van der Waals surface area contributed by atoms with Crippen molar-refractivity contribution in [1.29, 1.82) is 0 Å². The molecule has 13 heavy (non-hydrogen) atoms. The van der Waals surface area contributed by atoms with Gasteiger partial charge in [0.1, 0.15) is 0 Å². The Kier molecular flexibility index (Phi) is 2.17. The summed E-state index contributed by atoms with van der Waals surface area (Å²) in [4.78, 5) is 2.38. The summed E-state index contributed by atoms with van der Waals surface area (Å²) in [6, 6.07) is 1.05. The fourth-order valence-corrected chi connectivity index (χ4v) is 1.75. The quantitative estimate of drug-likeness (QED) is 0.709. The molecule has 2 heterocycles. The summed E-state index contributed by atoms with van der Waals surface area (Å²) in [5, 5.41) is 10.2. The van der Waals surface area contributed by atoms with Gasteiger partial charge in [-0.3, -0.25) is 4.90 Å². The van der Waals surface area contributed by atoms with Crippen molar-refractivity contribution in [1.82, 2.24) is 25.1 Å². The third-order valence-corrected chi connectivity index (χ3v) is 2.76. The van der Waals surface area contributed by atoms with Crippen molar-refractivity contribution in [3.8, 4) is 0 Å². The van der Waals surface area contributed by atoms with Crippen molar-refractivity contribution in [3.63, 3.8) is 0 Å². The Morgan fingerprint density at radius 2 is 2.23 bits per heavy atom. The summed E-state index contributed by atoms with van der Waals surface area (Å²) < 4.78 is 2.40. The largest absolute Gasteiger partial charge is 0.297 e. The van der Waals surface area contributed by atoms with Crippen LogP contribution in [0.5, 0.6) is 0 Å². The van der Waals surface area contributed by atoms with Crippen molar-refractivity contribution in [2.75, 3.05) is 13.1 Å². The van der Waals surface area contributed by atoms with E-state index in [-0.39, 0.29) is 0 Å². The van der Waals surface area contributed by atoms with Crippen molar-refractivity contribution < 1.29 is 0 Å². The van der Waals surface area contributed by atoms with Crippen LogP contribution in [0.15, 0.2) is 0 Å². The maximum absolute atomic E-state index is 5.01. The molecule has 5 nitrogen and oxygen atoms in total. The molecule has 0 bridgehead atoms. The molecular weight excluding hydrogens is 186 g/mol. The van der Waals surface area contributed by atoms with Gasteiger partial charge in [0.15, 0.2) is 0 Å². The monoisotopic (exact) mass is 199 g/mol. The maximum Gasteiger partial charge on any atom is 0.238 e. The highest BCUT2D eigenvalue weighted by molar-refractivity contribution is 7.71. The van der Waals surface area contributed by atoms with Crippen molar-refractivity contribution in [2.45, 2.75) is 25.9 Å². The lowest BCUT2D eigenvalue weighted by Gasteiger charge is -2.41. The number of likely N-dealkylation sites (tertiary alicyclic amines) is 1. The molecule has 1 aliphatic heterocycles. The Hall–Kier alpha value is -0.750. The third-order valence-electron chi connectivity index (χ3n) is 2.48. The van der Waals surface area contributed by atoms with Crippen molar-refractivity contribution in [3.05, 3.63) is 4.77 Å². The summed E-state index contributed by atoms with van der Waals surface area (Å²) in [7, 11) is 0. The van der Waals surface area contributed by atoms with Crippen LogP contribution in [0.25, 0.3) is 0 Å². The highest BCUT2D eigenvalue weighted by Gasteiger charge is 2.30. The number of hydrogen-bond donors (Lipinski definition) is 1. The van der Waals surface area contributed by atoms with E-state index >= 15 is 0 Å². The van der Waals surface area contributed by atoms with Crippen LogP contribution in [0.2, 0.25) is 0 Å².